The summed E-state index contributed by atoms with van der Waals surface area (Å²) in [6, 6.07) is 0. The highest BCUT2D eigenvalue weighted by atomic mass is 16.5. The first-order chi connectivity index (χ1) is 8.26. The molecule has 1 heterocycles. The molecule has 0 atom stereocenters. The molecule has 1 aliphatic rings. The maximum absolute atomic E-state index is 9.00. The molecule has 0 radical (unpaired) electrons. The lowest BCUT2D eigenvalue weighted by Gasteiger charge is -2.33. The third-order valence-corrected chi connectivity index (χ3v) is 3.36. The standard InChI is InChI=1S/C12H27N3O2/c1-13-3-5-14(6-4-13)7-8-15(9-11-16)10-12-17-2/h16H,3-12H2,1-2H3. The van der Waals surface area contributed by atoms with Gasteiger partial charge >= 0.3 is 0 Å². The summed E-state index contributed by atoms with van der Waals surface area (Å²) in [4.78, 5) is 7.13. The van der Waals surface area contributed by atoms with Gasteiger partial charge in [0.15, 0.2) is 0 Å². The Balaban J connectivity index is 2.16. The van der Waals surface area contributed by atoms with Gasteiger partial charge in [-0.25, -0.2) is 0 Å². The van der Waals surface area contributed by atoms with Gasteiger partial charge in [0.1, 0.15) is 0 Å². The molecular weight excluding hydrogens is 218 g/mol. The van der Waals surface area contributed by atoms with Crippen LogP contribution in [0.5, 0.6) is 0 Å². The van der Waals surface area contributed by atoms with E-state index in [1.54, 1.807) is 7.11 Å². The van der Waals surface area contributed by atoms with Crippen LogP contribution < -0.4 is 0 Å². The van der Waals surface area contributed by atoms with Crippen LogP contribution in [0.3, 0.4) is 0 Å². The fourth-order valence-electron chi connectivity index (χ4n) is 2.05. The van der Waals surface area contributed by atoms with E-state index in [0.29, 0.717) is 0 Å². The molecule has 1 saturated heterocycles. The lowest BCUT2D eigenvalue weighted by molar-refractivity contribution is 0.104. The van der Waals surface area contributed by atoms with Crippen molar-refractivity contribution >= 4 is 0 Å². The Morgan fingerprint density at radius 3 is 2.41 bits per heavy atom. The largest absolute Gasteiger partial charge is 0.395 e. The Kier molecular flexibility index (Phi) is 7.72. The van der Waals surface area contributed by atoms with Crippen LogP contribution in [0, 0.1) is 0 Å². The van der Waals surface area contributed by atoms with Gasteiger partial charge in [0.2, 0.25) is 0 Å². The minimum absolute atomic E-state index is 0.229. The number of likely N-dealkylation sites (N-methyl/N-ethyl adjacent to an activating group) is 1. The second-order valence-electron chi connectivity index (χ2n) is 4.70. The van der Waals surface area contributed by atoms with Gasteiger partial charge in [-0.1, -0.05) is 0 Å². The van der Waals surface area contributed by atoms with Gasteiger partial charge in [0.05, 0.1) is 13.2 Å². The molecule has 1 rings (SSSR count). The van der Waals surface area contributed by atoms with E-state index in [0.717, 1.165) is 59.0 Å². The van der Waals surface area contributed by atoms with E-state index in [9.17, 15) is 0 Å². The number of aliphatic hydroxyl groups is 1. The van der Waals surface area contributed by atoms with E-state index >= 15 is 0 Å². The quantitative estimate of drug-likeness (QED) is 0.605. The fraction of sp³-hybridized carbons (Fsp3) is 1.00. The molecule has 1 N–H and O–H groups in total. The molecule has 17 heavy (non-hydrogen) atoms. The monoisotopic (exact) mass is 245 g/mol. The summed E-state index contributed by atoms with van der Waals surface area (Å²) in [6.07, 6.45) is 0. The third-order valence-electron chi connectivity index (χ3n) is 3.36. The highest BCUT2D eigenvalue weighted by molar-refractivity contribution is 4.70. The summed E-state index contributed by atoms with van der Waals surface area (Å²) >= 11 is 0. The molecular formula is C12H27N3O2. The smallest absolute Gasteiger partial charge is 0.0589 e. The minimum Gasteiger partial charge on any atom is -0.395 e. The Morgan fingerprint density at radius 1 is 1.12 bits per heavy atom. The fourth-order valence-corrected chi connectivity index (χ4v) is 2.05. The van der Waals surface area contributed by atoms with Gasteiger partial charge < -0.3 is 14.7 Å². The number of ether oxygens (including phenoxy) is 1. The van der Waals surface area contributed by atoms with Crippen LogP contribution in [0.15, 0.2) is 0 Å². The van der Waals surface area contributed by atoms with E-state index in [2.05, 4.69) is 21.7 Å². The average Bonchev–Trinajstić information content (AvgIpc) is 2.35. The molecule has 0 spiro atoms. The van der Waals surface area contributed by atoms with Crippen LogP contribution in [-0.2, 0) is 4.74 Å². The Hall–Kier alpha value is -0.200. The van der Waals surface area contributed by atoms with Gasteiger partial charge in [0, 0.05) is 59.5 Å². The first kappa shape index (κ1) is 14.9. The van der Waals surface area contributed by atoms with Crippen molar-refractivity contribution < 1.29 is 9.84 Å². The second-order valence-corrected chi connectivity index (χ2v) is 4.70. The van der Waals surface area contributed by atoms with Crippen LogP contribution in [0.25, 0.3) is 0 Å². The Labute approximate surface area is 105 Å². The number of methoxy groups -OCH3 is 1. The van der Waals surface area contributed by atoms with Crippen molar-refractivity contribution in [3.8, 4) is 0 Å². The van der Waals surface area contributed by atoms with Crippen LogP contribution in [0.1, 0.15) is 0 Å². The molecule has 0 aromatic heterocycles. The van der Waals surface area contributed by atoms with Gasteiger partial charge in [-0.3, -0.25) is 9.80 Å². The van der Waals surface area contributed by atoms with E-state index in [1.807, 2.05) is 0 Å². The summed E-state index contributed by atoms with van der Waals surface area (Å²) in [5.74, 6) is 0. The van der Waals surface area contributed by atoms with Gasteiger partial charge in [-0.2, -0.15) is 0 Å². The lowest BCUT2D eigenvalue weighted by Crippen LogP contribution is -2.47. The Bertz CT molecular complexity index is 185. The zero-order valence-corrected chi connectivity index (χ0v) is 11.3. The topological polar surface area (TPSA) is 39.2 Å². The van der Waals surface area contributed by atoms with E-state index < -0.39 is 0 Å². The summed E-state index contributed by atoms with van der Waals surface area (Å²) < 4.78 is 5.08. The van der Waals surface area contributed by atoms with E-state index in [1.165, 1.54) is 0 Å². The average molecular weight is 245 g/mol. The van der Waals surface area contributed by atoms with Crippen molar-refractivity contribution in [3.05, 3.63) is 0 Å². The molecule has 0 bridgehead atoms. The summed E-state index contributed by atoms with van der Waals surface area (Å²) in [5.41, 5.74) is 0. The molecule has 5 nitrogen and oxygen atoms in total. The maximum Gasteiger partial charge on any atom is 0.0589 e. The lowest BCUT2D eigenvalue weighted by atomic mass is 10.3. The molecule has 1 aliphatic heterocycles. The zero-order chi connectivity index (χ0) is 12.5. The number of hydrogen-bond donors (Lipinski definition) is 1. The number of hydrogen-bond acceptors (Lipinski definition) is 5. The first-order valence-corrected chi connectivity index (χ1v) is 6.49. The molecule has 5 heteroatoms. The molecule has 1 fully saturated rings. The number of aliphatic hydroxyl groups excluding tert-OH is 1. The SMILES string of the molecule is COCCN(CCO)CCN1CCN(C)CC1. The minimum atomic E-state index is 0.229. The van der Waals surface area contributed by atoms with Crippen molar-refractivity contribution in [1.82, 2.24) is 14.7 Å². The van der Waals surface area contributed by atoms with Gasteiger partial charge in [-0.05, 0) is 7.05 Å². The molecule has 0 unspecified atom stereocenters. The molecule has 0 saturated carbocycles. The zero-order valence-electron chi connectivity index (χ0n) is 11.3. The molecule has 0 aromatic carbocycles. The van der Waals surface area contributed by atoms with Crippen molar-refractivity contribution in [2.75, 3.05) is 79.7 Å². The van der Waals surface area contributed by atoms with Crippen molar-refractivity contribution in [2.45, 2.75) is 0 Å². The van der Waals surface area contributed by atoms with Crippen LogP contribution in [0.4, 0.5) is 0 Å². The van der Waals surface area contributed by atoms with Crippen LogP contribution in [-0.4, -0.2) is 99.5 Å². The van der Waals surface area contributed by atoms with Gasteiger partial charge in [0.25, 0.3) is 0 Å². The molecule has 0 amide bonds. The summed E-state index contributed by atoms with van der Waals surface area (Å²) in [6.45, 7) is 9.39. The van der Waals surface area contributed by atoms with Crippen molar-refractivity contribution in [2.24, 2.45) is 0 Å². The number of piperazine rings is 1. The highest BCUT2D eigenvalue weighted by Gasteiger charge is 2.14. The summed E-state index contributed by atoms with van der Waals surface area (Å²) in [5, 5.41) is 9.00. The number of rotatable bonds is 8. The van der Waals surface area contributed by atoms with E-state index in [4.69, 9.17) is 9.84 Å². The molecule has 102 valence electrons. The second kappa shape index (κ2) is 8.83. The first-order valence-electron chi connectivity index (χ1n) is 6.49. The van der Waals surface area contributed by atoms with E-state index in [-0.39, 0.29) is 6.61 Å². The normalized spacial score (nSPS) is 19.1. The van der Waals surface area contributed by atoms with Crippen molar-refractivity contribution in [1.29, 1.82) is 0 Å². The van der Waals surface area contributed by atoms with Gasteiger partial charge in [-0.15, -0.1) is 0 Å². The summed E-state index contributed by atoms with van der Waals surface area (Å²) in [7, 11) is 3.89. The predicted octanol–water partition coefficient (Wildman–Crippen LogP) is -0.825. The third kappa shape index (κ3) is 6.33. The number of nitrogens with zero attached hydrogens (tertiary/aromatic N) is 3. The highest BCUT2D eigenvalue weighted by Crippen LogP contribution is 1.99. The van der Waals surface area contributed by atoms with Crippen LogP contribution >= 0.6 is 0 Å². The molecule has 0 aliphatic carbocycles. The molecule has 0 aromatic rings. The van der Waals surface area contributed by atoms with Crippen LogP contribution in [0.2, 0.25) is 0 Å². The predicted molar refractivity (Wildman–Crippen MR) is 69.3 cm³/mol. The van der Waals surface area contributed by atoms with Crippen molar-refractivity contribution in [3.63, 3.8) is 0 Å². The Morgan fingerprint density at radius 2 is 1.82 bits per heavy atom. The maximum atomic E-state index is 9.00.